The molecule has 0 aromatic carbocycles. The third-order valence-electron chi connectivity index (χ3n) is 3.16. The summed E-state index contributed by atoms with van der Waals surface area (Å²) in [6, 6.07) is 0. The molecule has 0 saturated carbocycles. The maximum atomic E-state index is 12.0. The Bertz CT molecular complexity index is 284. The third kappa shape index (κ3) is 6.81. The lowest BCUT2D eigenvalue weighted by atomic mass is 9.98. The SMILES string of the molecule is CC(C)CNC[C@@H]1CCCN(C(=O)OC(C)(C)C)C1. The average molecular weight is 270 g/mol. The number of nitrogens with one attached hydrogen (secondary N) is 1. The van der Waals surface area contributed by atoms with Crippen molar-refractivity contribution in [3.8, 4) is 0 Å². The standard InChI is InChI=1S/C15H30N2O2/c1-12(2)9-16-10-13-7-6-8-17(11-13)14(18)19-15(3,4)5/h12-13,16H,6-11H2,1-5H3/t13-/m0/s1. The van der Waals surface area contributed by atoms with E-state index in [1.807, 2.05) is 25.7 Å². The van der Waals surface area contributed by atoms with E-state index >= 15 is 0 Å². The van der Waals surface area contributed by atoms with E-state index in [4.69, 9.17) is 4.74 Å². The number of carbonyl (C=O) groups is 1. The quantitative estimate of drug-likeness (QED) is 0.854. The van der Waals surface area contributed by atoms with Crippen molar-refractivity contribution in [1.82, 2.24) is 10.2 Å². The molecule has 0 aromatic heterocycles. The molecule has 1 aliphatic rings. The van der Waals surface area contributed by atoms with Crippen LogP contribution in [0.4, 0.5) is 4.79 Å². The molecule has 4 nitrogen and oxygen atoms in total. The topological polar surface area (TPSA) is 41.6 Å². The van der Waals surface area contributed by atoms with Crippen molar-refractivity contribution in [2.75, 3.05) is 26.2 Å². The average Bonchev–Trinajstić information content (AvgIpc) is 2.26. The molecular weight excluding hydrogens is 240 g/mol. The number of piperidine rings is 1. The molecular formula is C15H30N2O2. The van der Waals surface area contributed by atoms with Crippen molar-refractivity contribution < 1.29 is 9.53 Å². The molecule has 1 amide bonds. The molecule has 1 aliphatic heterocycles. The van der Waals surface area contributed by atoms with Crippen molar-refractivity contribution in [3.05, 3.63) is 0 Å². The lowest BCUT2D eigenvalue weighted by Crippen LogP contribution is -2.45. The lowest BCUT2D eigenvalue weighted by molar-refractivity contribution is 0.0166. The van der Waals surface area contributed by atoms with Gasteiger partial charge in [-0.25, -0.2) is 4.79 Å². The molecule has 0 unspecified atom stereocenters. The second-order valence-electron chi connectivity index (χ2n) is 6.99. The zero-order valence-corrected chi connectivity index (χ0v) is 13.2. The number of ether oxygens (including phenoxy) is 1. The van der Waals surface area contributed by atoms with E-state index in [1.54, 1.807) is 0 Å². The molecule has 1 rings (SSSR count). The van der Waals surface area contributed by atoms with E-state index in [0.29, 0.717) is 11.8 Å². The van der Waals surface area contributed by atoms with E-state index in [-0.39, 0.29) is 6.09 Å². The van der Waals surface area contributed by atoms with Gasteiger partial charge in [0.05, 0.1) is 0 Å². The number of amides is 1. The van der Waals surface area contributed by atoms with E-state index < -0.39 is 5.60 Å². The zero-order valence-electron chi connectivity index (χ0n) is 13.2. The van der Waals surface area contributed by atoms with Gasteiger partial charge in [0.25, 0.3) is 0 Å². The second-order valence-corrected chi connectivity index (χ2v) is 6.99. The molecule has 0 spiro atoms. The summed E-state index contributed by atoms with van der Waals surface area (Å²) < 4.78 is 5.43. The highest BCUT2D eigenvalue weighted by Crippen LogP contribution is 2.18. The van der Waals surface area contributed by atoms with E-state index in [0.717, 1.165) is 32.6 Å². The molecule has 1 fully saturated rings. The second kappa shape index (κ2) is 7.13. The first kappa shape index (κ1) is 16.3. The Hall–Kier alpha value is -0.770. The Morgan fingerprint density at radius 2 is 2.11 bits per heavy atom. The number of rotatable bonds is 4. The summed E-state index contributed by atoms with van der Waals surface area (Å²) in [5.41, 5.74) is -0.403. The predicted octanol–water partition coefficient (Wildman–Crippen LogP) is 2.88. The molecule has 0 bridgehead atoms. The van der Waals surface area contributed by atoms with E-state index in [9.17, 15) is 4.79 Å². The highest BCUT2D eigenvalue weighted by molar-refractivity contribution is 5.68. The molecule has 0 aliphatic carbocycles. The van der Waals surface area contributed by atoms with Crippen molar-refractivity contribution in [2.24, 2.45) is 11.8 Å². The number of hydrogen-bond acceptors (Lipinski definition) is 3. The number of nitrogens with zero attached hydrogens (tertiary/aromatic N) is 1. The van der Waals surface area contributed by atoms with Gasteiger partial charge in [0.1, 0.15) is 5.60 Å². The fourth-order valence-corrected chi connectivity index (χ4v) is 2.30. The zero-order chi connectivity index (χ0) is 14.5. The van der Waals surface area contributed by atoms with Crippen LogP contribution in [-0.2, 0) is 4.74 Å². The molecule has 1 atom stereocenters. The van der Waals surface area contributed by atoms with Gasteiger partial charge in [0.2, 0.25) is 0 Å². The van der Waals surface area contributed by atoms with Gasteiger partial charge < -0.3 is 15.0 Å². The Labute approximate surface area is 117 Å². The summed E-state index contributed by atoms with van der Waals surface area (Å²) in [5, 5.41) is 3.48. The first-order valence-corrected chi connectivity index (χ1v) is 7.46. The first-order valence-electron chi connectivity index (χ1n) is 7.46. The van der Waals surface area contributed by atoms with Crippen LogP contribution in [0.1, 0.15) is 47.5 Å². The van der Waals surface area contributed by atoms with Crippen molar-refractivity contribution in [3.63, 3.8) is 0 Å². The third-order valence-corrected chi connectivity index (χ3v) is 3.16. The number of hydrogen-bond donors (Lipinski definition) is 1. The minimum Gasteiger partial charge on any atom is -0.444 e. The summed E-state index contributed by atoms with van der Waals surface area (Å²) in [7, 11) is 0. The van der Waals surface area contributed by atoms with Crippen LogP contribution >= 0.6 is 0 Å². The Morgan fingerprint density at radius 1 is 1.42 bits per heavy atom. The van der Waals surface area contributed by atoms with Crippen molar-refractivity contribution in [2.45, 2.75) is 53.1 Å². The first-order chi connectivity index (χ1) is 8.78. The van der Waals surface area contributed by atoms with E-state index in [1.165, 1.54) is 6.42 Å². The van der Waals surface area contributed by atoms with Crippen LogP contribution in [0.3, 0.4) is 0 Å². The maximum Gasteiger partial charge on any atom is 0.410 e. The molecule has 1 N–H and O–H groups in total. The van der Waals surface area contributed by atoms with Gasteiger partial charge in [0, 0.05) is 13.1 Å². The van der Waals surface area contributed by atoms with E-state index in [2.05, 4.69) is 19.2 Å². The van der Waals surface area contributed by atoms with Gasteiger partial charge >= 0.3 is 6.09 Å². The lowest BCUT2D eigenvalue weighted by Gasteiger charge is -2.34. The summed E-state index contributed by atoms with van der Waals surface area (Å²) in [6.45, 7) is 13.8. The smallest absolute Gasteiger partial charge is 0.410 e. The summed E-state index contributed by atoms with van der Waals surface area (Å²) in [6.07, 6.45) is 2.11. The number of likely N-dealkylation sites (tertiary alicyclic amines) is 1. The molecule has 1 heterocycles. The highest BCUT2D eigenvalue weighted by Gasteiger charge is 2.27. The Balaban J connectivity index is 2.35. The fraction of sp³-hybridized carbons (Fsp3) is 0.933. The summed E-state index contributed by atoms with van der Waals surface area (Å²) >= 11 is 0. The largest absolute Gasteiger partial charge is 0.444 e. The van der Waals surface area contributed by atoms with Crippen LogP contribution in [0, 0.1) is 11.8 Å². The fourth-order valence-electron chi connectivity index (χ4n) is 2.30. The maximum absolute atomic E-state index is 12.0. The molecule has 19 heavy (non-hydrogen) atoms. The Kier molecular flexibility index (Phi) is 6.11. The van der Waals surface area contributed by atoms with Gasteiger partial charge in [-0.05, 0) is 58.5 Å². The van der Waals surface area contributed by atoms with Gasteiger partial charge in [-0.15, -0.1) is 0 Å². The molecule has 1 saturated heterocycles. The highest BCUT2D eigenvalue weighted by atomic mass is 16.6. The molecule has 0 radical (unpaired) electrons. The minimum absolute atomic E-state index is 0.166. The minimum atomic E-state index is -0.403. The van der Waals surface area contributed by atoms with Gasteiger partial charge in [0.15, 0.2) is 0 Å². The van der Waals surface area contributed by atoms with Gasteiger partial charge in [-0.1, -0.05) is 13.8 Å². The van der Waals surface area contributed by atoms with Crippen molar-refractivity contribution in [1.29, 1.82) is 0 Å². The van der Waals surface area contributed by atoms with Gasteiger partial charge in [-0.3, -0.25) is 0 Å². The van der Waals surface area contributed by atoms with Crippen LogP contribution in [0.25, 0.3) is 0 Å². The van der Waals surface area contributed by atoms with Crippen LogP contribution < -0.4 is 5.32 Å². The Morgan fingerprint density at radius 3 is 2.68 bits per heavy atom. The summed E-state index contributed by atoms with van der Waals surface area (Å²) in [4.78, 5) is 13.9. The van der Waals surface area contributed by atoms with Crippen LogP contribution in [0.2, 0.25) is 0 Å². The molecule has 112 valence electrons. The monoisotopic (exact) mass is 270 g/mol. The van der Waals surface area contributed by atoms with Crippen molar-refractivity contribution >= 4 is 6.09 Å². The van der Waals surface area contributed by atoms with Crippen LogP contribution in [0.15, 0.2) is 0 Å². The van der Waals surface area contributed by atoms with Crippen LogP contribution in [0.5, 0.6) is 0 Å². The van der Waals surface area contributed by atoms with Crippen LogP contribution in [-0.4, -0.2) is 42.8 Å². The molecule has 4 heteroatoms. The predicted molar refractivity (Wildman–Crippen MR) is 78.2 cm³/mol. The number of carbonyl (C=O) groups excluding carboxylic acids is 1. The summed E-state index contributed by atoms with van der Waals surface area (Å²) in [5.74, 6) is 1.23. The van der Waals surface area contributed by atoms with Gasteiger partial charge in [-0.2, -0.15) is 0 Å². The molecule has 0 aromatic rings. The normalized spacial score (nSPS) is 20.7.